The maximum Gasteiger partial charge on any atom is 0.107 e. The molecule has 0 amide bonds. The lowest BCUT2D eigenvalue weighted by Crippen LogP contribution is -2.06. The van der Waals surface area contributed by atoms with E-state index in [9.17, 15) is 0 Å². The van der Waals surface area contributed by atoms with Gasteiger partial charge < -0.3 is 10.7 Å². The smallest absolute Gasteiger partial charge is 0.107 e. The van der Waals surface area contributed by atoms with Gasteiger partial charge in [-0.25, -0.2) is 4.98 Å². The van der Waals surface area contributed by atoms with Gasteiger partial charge in [0.2, 0.25) is 0 Å². The van der Waals surface area contributed by atoms with Crippen molar-refractivity contribution in [3.63, 3.8) is 0 Å². The summed E-state index contributed by atoms with van der Waals surface area (Å²) in [5.74, 6) is 1.07. The Labute approximate surface area is 102 Å². The lowest BCUT2D eigenvalue weighted by Gasteiger charge is -2.16. The lowest BCUT2D eigenvalue weighted by molar-refractivity contribution is 0.375. The van der Waals surface area contributed by atoms with Crippen LogP contribution in [0.2, 0.25) is 0 Å². The number of nitrogens with two attached hydrogens (primary N) is 1. The molecule has 0 fully saturated rings. The largest absolute Gasteiger partial charge is 0.342 e. The molecule has 17 heavy (non-hydrogen) atoms. The molecular weight excluding hydrogens is 210 g/mol. The average molecular weight is 231 g/mol. The van der Waals surface area contributed by atoms with Gasteiger partial charge in [-0.2, -0.15) is 0 Å². The molecule has 0 saturated carbocycles. The van der Waals surface area contributed by atoms with Crippen LogP contribution in [0.1, 0.15) is 38.6 Å². The standard InChI is InChI=1S/C14H21N3/c1-14(2,3)7-6-13-16-11-5-4-10(9-15)8-12(11)17-13/h4-5,8H,6-7,9,15H2,1-3H3,(H,16,17). The van der Waals surface area contributed by atoms with E-state index in [0.717, 1.165) is 35.3 Å². The van der Waals surface area contributed by atoms with E-state index in [1.165, 1.54) is 0 Å². The van der Waals surface area contributed by atoms with E-state index in [0.29, 0.717) is 12.0 Å². The topological polar surface area (TPSA) is 54.7 Å². The van der Waals surface area contributed by atoms with Gasteiger partial charge in [-0.1, -0.05) is 26.8 Å². The number of hydrogen-bond donors (Lipinski definition) is 2. The number of aromatic amines is 1. The molecule has 1 aromatic carbocycles. The number of aromatic nitrogens is 2. The van der Waals surface area contributed by atoms with Gasteiger partial charge in [0.1, 0.15) is 5.82 Å². The molecular formula is C14H21N3. The van der Waals surface area contributed by atoms with Crippen LogP contribution in [-0.4, -0.2) is 9.97 Å². The van der Waals surface area contributed by atoms with Crippen LogP contribution in [0.5, 0.6) is 0 Å². The van der Waals surface area contributed by atoms with Crippen molar-refractivity contribution in [3.8, 4) is 0 Å². The molecule has 0 atom stereocenters. The van der Waals surface area contributed by atoms with Gasteiger partial charge in [0.15, 0.2) is 0 Å². The van der Waals surface area contributed by atoms with E-state index in [1.54, 1.807) is 0 Å². The third-order valence-corrected chi connectivity index (χ3v) is 2.94. The summed E-state index contributed by atoms with van der Waals surface area (Å²) in [6.45, 7) is 7.33. The second-order valence-electron chi connectivity index (χ2n) is 5.80. The van der Waals surface area contributed by atoms with Gasteiger partial charge in [-0.3, -0.25) is 0 Å². The predicted molar refractivity (Wildman–Crippen MR) is 71.8 cm³/mol. The maximum absolute atomic E-state index is 5.63. The molecule has 3 N–H and O–H groups in total. The van der Waals surface area contributed by atoms with E-state index in [4.69, 9.17) is 5.73 Å². The van der Waals surface area contributed by atoms with Crippen LogP contribution in [0, 0.1) is 5.41 Å². The molecule has 0 aliphatic rings. The molecule has 0 radical (unpaired) electrons. The Morgan fingerprint density at radius 3 is 2.71 bits per heavy atom. The highest BCUT2D eigenvalue weighted by Crippen LogP contribution is 2.22. The minimum atomic E-state index is 0.349. The lowest BCUT2D eigenvalue weighted by atomic mass is 9.90. The van der Waals surface area contributed by atoms with Crippen LogP contribution in [0.3, 0.4) is 0 Å². The summed E-state index contributed by atoms with van der Waals surface area (Å²) >= 11 is 0. The summed E-state index contributed by atoms with van der Waals surface area (Å²) in [6.07, 6.45) is 2.13. The fourth-order valence-corrected chi connectivity index (χ4v) is 1.85. The predicted octanol–water partition coefficient (Wildman–Crippen LogP) is 3.00. The van der Waals surface area contributed by atoms with Crippen molar-refractivity contribution in [1.82, 2.24) is 9.97 Å². The summed E-state index contributed by atoms with van der Waals surface area (Å²) in [7, 11) is 0. The third-order valence-electron chi connectivity index (χ3n) is 2.94. The molecule has 2 rings (SSSR count). The third kappa shape index (κ3) is 3.07. The number of fused-ring (bicyclic) bond motifs is 1. The fourth-order valence-electron chi connectivity index (χ4n) is 1.85. The SMILES string of the molecule is CC(C)(C)CCc1nc2ccc(CN)cc2[nH]1. The second-order valence-corrected chi connectivity index (χ2v) is 5.80. The fraction of sp³-hybridized carbons (Fsp3) is 0.500. The summed E-state index contributed by atoms with van der Waals surface area (Å²) in [5.41, 5.74) is 9.25. The first-order valence-electron chi connectivity index (χ1n) is 6.15. The molecule has 0 aliphatic heterocycles. The van der Waals surface area contributed by atoms with Crippen molar-refractivity contribution < 1.29 is 0 Å². The molecule has 2 aromatic rings. The van der Waals surface area contributed by atoms with Crippen molar-refractivity contribution in [2.75, 3.05) is 0 Å². The Morgan fingerprint density at radius 2 is 2.06 bits per heavy atom. The molecule has 3 nitrogen and oxygen atoms in total. The molecule has 3 heteroatoms. The van der Waals surface area contributed by atoms with Gasteiger partial charge in [0, 0.05) is 13.0 Å². The quantitative estimate of drug-likeness (QED) is 0.853. The number of benzene rings is 1. The van der Waals surface area contributed by atoms with Crippen LogP contribution in [-0.2, 0) is 13.0 Å². The number of imidazole rings is 1. The van der Waals surface area contributed by atoms with Crippen molar-refractivity contribution in [1.29, 1.82) is 0 Å². The maximum atomic E-state index is 5.63. The molecule has 0 aliphatic carbocycles. The minimum absolute atomic E-state index is 0.349. The monoisotopic (exact) mass is 231 g/mol. The summed E-state index contributed by atoms with van der Waals surface area (Å²) < 4.78 is 0. The molecule has 92 valence electrons. The number of hydrogen-bond acceptors (Lipinski definition) is 2. The first-order chi connectivity index (χ1) is 7.98. The first-order valence-corrected chi connectivity index (χ1v) is 6.15. The first kappa shape index (κ1) is 12.1. The molecule has 0 saturated heterocycles. The molecule has 0 unspecified atom stereocenters. The van der Waals surface area contributed by atoms with Gasteiger partial charge >= 0.3 is 0 Å². The van der Waals surface area contributed by atoms with Crippen LogP contribution in [0.4, 0.5) is 0 Å². The Kier molecular flexibility index (Phi) is 3.20. The van der Waals surface area contributed by atoms with Crippen LogP contribution in [0.15, 0.2) is 18.2 Å². The van der Waals surface area contributed by atoms with E-state index in [1.807, 2.05) is 12.1 Å². The van der Waals surface area contributed by atoms with Crippen LogP contribution >= 0.6 is 0 Å². The highest BCUT2D eigenvalue weighted by molar-refractivity contribution is 5.75. The van der Waals surface area contributed by atoms with Crippen LogP contribution < -0.4 is 5.73 Å². The molecule has 0 bridgehead atoms. The van der Waals surface area contributed by atoms with Crippen molar-refractivity contribution in [3.05, 3.63) is 29.6 Å². The molecule has 0 spiro atoms. The summed E-state index contributed by atoms with van der Waals surface area (Å²) in [4.78, 5) is 7.97. The normalized spacial score (nSPS) is 12.2. The van der Waals surface area contributed by atoms with Gasteiger partial charge in [0.25, 0.3) is 0 Å². The number of aryl methyl sites for hydroxylation is 1. The van der Waals surface area contributed by atoms with Crippen molar-refractivity contribution in [2.24, 2.45) is 11.1 Å². The van der Waals surface area contributed by atoms with E-state index < -0.39 is 0 Å². The van der Waals surface area contributed by atoms with E-state index in [2.05, 4.69) is 36.8 Å². The number of nitrogens with one attached hydrogen (secondary N) is 1. The Hall–Kier alpha value is -1.35. The highest BCUT2D eigenvalue weighted by atomic mass is 14.9. The second kappa shape index (κ2) is 4.49. The highest BCUT2D eigenvalue weighted by Gasteiger charge is 2.11. The number of H-pyrrole nitrogens is 1. The van der Waals surface area contributed by atoms with Crippen molar-refractivity contribution in [2.45, 2.75) is 40.2 Å². The Bertz CT molecular complexity index is 506. The summed E-state index contributed by atoms with van der Waals surface area (Å²) in [5, 5.41) is 0. The Balaban J connectivity index is 2.20. The zero-order valence-corrected chi connectivity index (χ0v) is 10.9. The van der Waals surface area contributed by atoms with Gasteiger partial charge in [0.05, 0.1) is 11.0 Å². The molecule has 1 heterocycles. The van der Waals surface area contributed by atoms with Gasteiger partial charge in [-0.15, -0.1) is 0 Å². The van der Waals surface area contributed by atoms with Crippen LogP contribution in [0.25, 0.3) is 11.0 Å². The zero-order valence-electron chi connectivity index (χ0n) is 10.9. The number of rotatable bonds is 3. The average Bonchev–Trinajstić information content (AvgIpc) is 2.66. The van der Waals surface area contributed by atoms with E-state index in [-0.39, 0.29) is 0 Å². The molecule has 1 aromatic heterocycles. The number of nitrogens with zero attached hydrogens (tertiary/aromatic N) is 1. The minimum Gasteiger partial charge on any atom is -0.342 e. The van der Waals surface area contributed by atoms with Gasteiger partial charge in [-0.05, 0) is 29.5 Å². The Morgan fingerprint density at radius 1 is 1.29 bits per heavy atom. The van der Waals surface area contributed by atoms with E-state index >= 15 is 0 Å². The zero-order chi connectivity index (χ0) is 12.5. The van der Waals surface area contributed by atoms with Crippen molar-refractivity contribution >= 4 is 11.0 Å². The summed E-state index contributed by atoms with van der Waals surface area (Å²) in [6, 6.07) is 6.16.